The molecule has 0 aliphatic carbocycles. The Bertz CT molecular complexity index is 1030. The number of aromatic nitrogens is 2. The van der Waals surface area contributed by atoms with Gasteiger partial charge in [0.25, 0.3) is 0 Å². The van der Waals surface area contributed by atoms with Gasteiger partial charge in [-0.1, -0.05) is 12.1 Å². The number of carbonyl (C=O) groups is 1. The fourth-order valence-corrected chi connectivity index (χ4v) is 3.63. The maximum atomic E-state index is 11.6. The third-order valence-electron chi connectivity index (χ3n) is 3.35. The molecule has 0 unspecified atom stereocenters. The first kappa shape index (κ1) is 18.2. The quantitative estimate of drug-likeness (QED) is 0.165. The van der Waals surface area contributed by atoms with Gasteiger partial charge in [-0.3, -0.25) is 10.1 Å². The highest BCUT2D eigenvalue weighted by molar-refractivity contribution is 14.1. The van der Waals surface area contributed by atoms with E-state index in [-0.39, 0.29) is 8.48 Å². The smallest absolute Gasteiger partial charge is 0.342 e. The first-order valence-corrected chi connectivity index (χ1v) is 8.99. The Morgan fingerprint density at radius 1 is 1.35 bits per heavy atom. The number of imidazole rings is 1. The van der Waals surface area contributed by atoms with Gasteiger partial charge in [0.1, 0.15) is 4.91 Å². The van der Waals surface area contributed by atoms with E-state index in [0.717, 1.165) is 23.3 Å². The minimum atomic E-state index is -1.19. The minimum Gasteiger partial charge on any atom is -0.501 e. The van der Waals surface area contributed by atoms with Crippen LogP contribution in [0.25, 0.3) is 17.1 Å². The van der Waals surface area contributed by atoms with Crippen LogP contribution in [0.1, 0.15) is 5.56 Å². The highest BCUT2D eigenvalue weighted by atomic mass is 127. The van der Waals surface area contributed by atoms with E-state index in [4.69, 9.17) is 0 Å². The summed E-state index contributed by atoms with van der Waals surface area (Å²) in [5, 5.41) is 30.6. The third kappa shape index (κ3) is 3.80. The van der Waals surface area contributed by atoms with Crippen LogP contribution in [0.5, 0.6) is 5.75 Å². The first-order valence-electron chi connectivity index (χ1n) is 7.09. The number of rotatable bonds is 5. The molecule has 3 N–H and O–H groups in total. The molecule has 10 heteroatoms. The molecule has 3 aromatic rings. The summed E-state index contributed by atoms with van der Waals surface area (Å²) in [5.74, 6) is -1.64. The number of phenolic OH excluding ortho intramolecular Hbond substituents is 1. The number of para-hydroxylation sites is 2. The van der Waals surface area contributed by atoms with Gasteiger partial charge in [0.05, 0.1) is 19.5 Å². The zero-order valence-electron chi connectivity index (χ0n) is 12.8. The number of aliphatic carboxylic acids is 1. The average molecular weight is 483 g/mol. The second-order valence-electron chi connectivity index (χ2n) is 5.10. The van der Waals surface area contributed by atoms with E-state index in [9.17, 15) is 25.1 Å². The van der Waals surface area contributed by atoms with Crippen molar-refractivity contribution >= 4 is 63.1 Å². The van der Waals surface area contributed by atoms with Crippen LogP contribution in [-0.4, -0.2) is 31.1 Å². The summed E-state index contributed by atoms with van der Waals surface area (Å²) >= 11 is 2.65. The fraction of sp³-hybridized carbons (Fsp3) is 0. The second kappa shape index (κ2) is 7.33. The lowest BCUT2D eigenvalue weighted by Crippen LogP contribution is -1.98. The van der Waals surface area contributed by atoms with Gasteiger partial charge in [0, 0.05) is 6.07 Å². The van der Waals surface area contributed by atoms with E-state index < -0.39 is 22.3 Å². The lowest BCUT2D eigenvalue weighted by Gasteiger charge is -2.03. The van der Waals surface area contributed by atoms with Gasteiger partial charge in [0.15, 0.2) is 5.16 Å². The molecule has 0 amide bonds. The van der Waals surface area contributed by atoms with E-state index in [0.29, 0.717) is 16.2 Å². The van der Waals surface area contributed by atoms with E-state index >= 15 is 0 Å². The molecule has 2 aromatic carbocycles. The number of carboxylic acid groups (broad SMARTS) is 1. The number of aromatic hydroxyl groups is 1. The van der Waals surface area contributed by atoms with Crippen molar-refractivity contribution in [2.45, 2.75) is 5.16 Å². The zero-order valence-corrected chi connectivity index (χ0v) is 15.8. The molecule has 0 fully saturated rings. The Kier molecular flexibility index (Phi) is 5.13. The van der Waals surface area contributed by atoms with Crippen LogP contribution in [0.3, 0.4) is 0 Å². The van der Waals surface area contributed by atoms with E-state index in [1.807, 2.05) is 18.2 Å². The van der Waals surface area contributed by atoms with Crippen molar-refractivity contribution < 1.29 is 19.9 Å². The Morgan fingerprint density at radius 3 is 2.73 bits per heavy atom. The van der Waals surface area contributed by atoms with Crippen molar-refractivity contribution in [2.24, 2.45) is 0 Å². The summed E-state index contributed by atoms with van der Waals surface area (Å²) < 4.78 is 0.251. The number of hydrogen-bond donors (Lipinski definition) is 3. The monoisotopic (exact) mass is 483 g/mol. The Labute approximate surface area is 164 Å². The molecule has 0 aliphatic rings. The van der Waals surface area contributed by atoms with E-state index in [1.165, 1.54) is 12.1 Å². The van der Waals surface area contributed by atoms with Gasteiger partial charge in [-0.2, -0.15) is 0 Å². The molecule has 0 aliphatic heterocycles. The van der Waals surface area contributed by atoms with Gasteiger partial charge in [-0.05, 0) is 64.2 Å². The van der Waals surface area contributed by atoms with Crippen LogP contribution in [0.2, 0.25) is 0 Å². The van der Waals surface area contributed by atoms with Crippen LogP contribution in [0.4, 0.5) is 5.69 Å². The van der Waals surface area contributed by atoms with Crippen LogP contribution in [0.15, 0.2) is 46.5 Å². The predicted molar refractivity (Wildman–Crippen MR) is 105 cm³/mol. The van der Waals surface area contributed by atoms with Gasteiger partial charge in [-0.15, -0.1) is 0 Å². The highest BCUT2D eigenvalue weighted by Crippen LogP contribution is 2.34. The normalized spacial score (nSPS) is 11.7. The number of halogens is 1. The minimum absolute atomic E-state index is 0.0696. The number of hydrogen-bond acceptors (Lipinski definition) is 6. The van der Waals surface area contributed by atoms with E-state index in [2.05, 4.69) is 9.97 Å². The number of nitrogens with one attached hydrogen (secondary N) is 1. The topological polar surface area (TPSA) is 129 Å². The molecule has 132 valence electrons. The summed E-state index contributed by atoms with van der Waals surface area (Å²) in [7, 11) is 0. The summed E-state index contributed by atoms with van der Waals surface area (Å²) in [6, 6.07) is 9.86. The van der Waals surface area contributed by atoms with Crippen LogP contribution in [0, 0.1) is 13.7 Å². The molecule has 0 saturated carbocycles. The molecule has 26 heavy (non-hydrogen) atoms. The van der Waals surface area contributed by atoms with Crippen LogP contribution >= 0.6 is 34.4 Å². The summed E-state index contributed by atoms with van der Waals surface area (Å²) in [4.78, 5) is 29.1. The summed E-state index contributed by atoms with van der Waals surface area (Å²) in [5.41, 5.74) is 1.28. The number of phenols is 1. The Balaban J connectivity index is 2.00. The highest BCUT2D eigenvalue weighted by Gasteiger charge is 2.19. The molecule has 0 saturated heterocycles. The molecule has 0 bridgehead atoms. The number of benzene rings is 2. The SMILES string of the molecule is O=C(O)/C(=C/c1cc(I)c(O)c([N+](=O)[O-])c1)Sc1nc2ccccc2[nH]1. The number of nitro groups is 1. The lowest BCUT2D eigenvalue weighted by atomic mass is 10.1. The van der Waals surface area contributed by atoms with E-state index in [1.54, 1.807) is 28.7 Å². The van der Waals surface area contributed by atoms with Gasteiger partial charge in [-0.25, -0.2) is 9.78 Å². The number of thioether (sulfide) groups is 1. The number of carboxylic acids is 1. The summed E-state index contributed by atoms with van der Waals surface area (Å²) in [6.07, 6.45) is 1.30. The number of fused-ring (bicyclic) bond motifs is 1. The number of H-pyrrole nitrogens is 1. The fourth-order valence-electron chi connectivity index (χ4n) is 2.20. The molecule has 0 spiro atoms. The van der Waals surface area contributed by atoms with Gasteiger partial charge >= 0.3 is 11.7 Å². The van der Waals surface area contributed by atoms with Crippen molar-refractivity contribution in [3.63, 3.8) is 0 Å². The van der Waals surface area contributed by atoms with Crippen molar-refractivity contribution in [1.29, 1.82) is 0 Å². The molecule has 1 heterocycles. The Hall–Kier alpha value is -2.60. The standard InChI is InChI=1S/C16H10IN3O5S/c17-9-5-8(6-12(14(9)21)20(24)25)7-13(15(22)23)26-16-18-10-3-1-2-4-11(10)19-16/h1-7,21H,(H,18,19)(H,22,23)/b13-7-. The van der Waals surface area contributed by atoms with Crippen LogP contribution < -0.4 is 0 Å². The molecule has 0 atom stereocenters. The molecule has 1 aromatic heterocycles. The predicted octanol–water partition coefficient (Wildman–Crippen LogP) is 4.00. The van der Waals surface area contributed by atoms with Gasteiger partial charge in [0.2, 0.25) is 5.75 Å². The Morgan fingerprint density at radius 2 is 2.08 bits per heavy atom. The molecular formula is C16H10IN3O5S. The zero-order chi connectivity index (χ0) is 18.8. The molecule has 0 radical (unpaired) electrons. The van der Waals surface area contributed by atoms with Crippen molar-refractivity contribution in [3.05, 3.63) is 60.6 Å². The van der Waals surface area contributed by atoms with Crippen LogP contribution in [-0.2, 0) is 4.79 Å². The molecular weight excluding hydrogens is 473 g/mol. The summed E-state index contributed by atoms with van der Waals surface area (Å²) in [6.45, 7) is 0. The van der Waals surface area contributed by atoms with Crippen molar-refractivity contribution in [1.82, 2.24) is 9.97 Å². The van der Waals surface area contributed by atoms with Crippen molar-refractivity contribution in [2.75, 3.05) is 0 Å². The molecule has 3 rings (SSSR count). The second-order valence-corrected chi connectivity index (χ2v) is 7.30. The maximum Gasteiger partial charge on any atom is 0.342 e. The number of nitrogens with zero attached hydrogens (tertiary/aromatic N) is 2. The average Bonchev–Trinajstić information content (AvgIpc) is 2.99. The maximum absolute atomic E-state index is 11.6. The first-order chi connectivity index (χ1) is 12.3. The van der Waals surface area contributed by atoms with Gasteiger partial charge < -0.3 is 15.2 Å². The number of aromatic amines is 1. The molecule has 8 nitrogen and oxygen atoms in total. The lowest BCUT2D eigenvalue weighted by molar-refractivity contribution is -0.386. The number of nitro benzene ring substituents is 1. The van der Waals surface area contributed by atoms with Crippen molar-refractivity contribution in [3.8, 4) is 5.75 Å². The third-order valence-corrected chi connectivity index (χ3v) is 5.07. The largest absolute Gasteiger partial charge is 0.501 e.